The summed E-state index contributed by atoms with van der Waals surface area (Å²) in [4.78, 5) is 57.2. The zero-order chi connectivity index (χ0) is 30.2. The smallest absolute Gasteiger partial charge is 0.313 e. The molecular formula is C33H48N4O5. The highest BCUT2D eigenvalue weighted by Gasteiger charge is 2.75. The van der Waals surface area contributed by atoms with Crippen molar-refractivity contribution in [2.75, 3.05) is 32.7 Å². The van der Waals surface area contributed by atoms with Crippen LogP contribution in [-0.4, -0.2) is 83.4 Å². The molecule has 5 rings (SSSR count). The van der Waals surface area contributed by atoms with Gasteiger partial charge in [0.1, 0.15) is 11.6 Å². The van der Waals surface area contributed by atoms with E-state index in [1.54, 1.807) is 0 Å². The number of fused-ring (bicyclic) bond motifs is 2. The van der Waals surface area contributed by atoms with Gasteiger partial charge in [0.15, 0.2) is 5.60 Å². The van der Waals surface area contributed by atoms with Crippen molar-refractivity contribution in [1.82, 2.24) is 20.4 Å². The number of amides is 3. The van der Waals surface area contributed by atoms with Gasteiger partial charge in [-0.2, -0.15) is 0 Å². The number of nitrogens with one attached hydrogen (secondary N) is 2. The lowest BCUT2D eigenvalue weighted by atomic mass is 9.66. The average molecular weight is 581 g/mol. The van der Waals surface area contributed by atoms with Crippen molar-refractivity contribution in [1.29, 1.82) is 0 Å². The van der Waals surface area contributed by atoms with Gasteiger partial charge in [-0.05, 0) is 70.3 Å². The molecule has 2 bridgehead atoms. The molecule has 3 saturated heterocycles. The Bertz CT molecular complexity index is 1190. The fourth-order valence-electron chi connectivity index (χ4n) is 7.76. The molecule has 1 aromatic carbocycles. The topological polar surface area (TPSA) is 108 Å². The standard InChI is InChI=1S/C33H48N4O5/c1-5-20-37-26(38)25(13-9-10-19-34-28(40)33-16-15-31(4,29(41)42-33)30(33,2)3)35-27(39)32(37)17-22-36(23-18-32)21-14-24-11-7-6-8-12-24/h6-8,11-12,25H,5,9-10,13-23H2,1-4H3,(H,34,40)(H,35,39)/t25-,31?,33?/m0/s1. The Labute approximate surface area is 250 Å². The van der Waals surface area contributed by atoms with E-state index < -0.39 is 28.0 Å². The highest BCUT2D eigenvalue weighted by atomic mass is 16.6. The number of carbonyl (C=O) groups excluding carboxylic acids is 4. The van der Waals surface area contributed by atoms with Crippen LogP contribution in [0.2, 0.25) is 0 Å². The molecule has 1 spiro atoms. The Morgan fingerprint density at radius 3 is 2.33 bits per heavy atom. The van der Waals surface area contributed by atoms with E-state index in [-0.39, 0.29) is 23.7 Å². The summed E-state index contributed by atoms with van der Waals surface area (Å²) < 4.78 is 5.68. The minimum absolute atomic E-state index is 0.0157. The van der Waals surface area contributed by atoms with Crippen molar-refractivity contribution < 1.29 is 23.9 Å². The van der Waals surface area contributed by atoms with Crippen LogP contribution in [-0.2, 0) is 30.3 Å². The van der Waals surface area contributed by atoms with E-state index in [1.165, 1.54) is 5.56 Å². The van der Waals surface area contributed by atoms with E-state index in [4.69, 9.17) is 4.74 Å². The van der Waals surface area contributed by atoms with Gasteiger partial charge in [-0.15, -0.1) is 0 Å². The van der Waals surface area contributed by atoms with Crippen LogP contribution >= 0.6 is 0 Å². The van der Waals surface area contributed by atoms with Crippen LogP contribution in [0, 0.1) is 10.8 Å². The van der Waals surface area contributed by atoms with Crippen molar-refractivity contribution in [2.45, 2.75) is 103 Å². The fourth-order valence-corrected chi connectivity index (χ4v) is 7.76. The largest absolute Gasteiger partial charge is 0.448 e. The summed E-state index contributed by atoms with van der Waals surface area (Å²) in [6, 6.07) is 9.90. The van der Waals surface area contributed by atoms with E-state index in [1.807, 2.05) is 31.7 Å². The number of nitrogens with zero attached hydrogens (tertiary/aromatic N) is 2. The predicted octanol–water partition coefficient (Wildman–Crippen LogP) is 3.21. The second-order valence-corrected chi connectivity index (χ2v) is 13.6. The molecule has 1 saturated carbocycles. The highest BCUT2D eigenvalue weighted by molar-refractivity contribution is 6.00. The number of piperidine rings is 1. The van der Waals surface area contributed by atoms with E-state index in [9.17, 15) is 19.2 Å². The molecule has 42 heavy (non-hydrogen) atoms. The van der Waals surface area contributed by atoms with Gasteiger partial charge in [-0.25, -0.2) is 0 Å². The van der Waals surface area contributed by atoms with Gasteiger partial charge >= 0.3 is 5.97 Å². The summed E-state index contributed by atoms with van der Waals surface area (Å²) in [5, 5.41) is 6.07. The molecule has 0 aromatic heterocycles. The van der Waals surface area contributed by atoms with E-state index in [2.05, 4.69) is 46.7 Å². The van der Waals surface area contributed by atoms with Crippen LogP contribution in [0.25, 0.3) is 0 Å². The summed E-state index contributed by atoms with van der Waals surface area (Å²) in [5.41, 5.74) is -1.77. The lowest BCUT2D eigenvalue weighted by Gasteiger charge is -2.51. The first-order valence-corrected chi connectivity index (χ1v) is 15.9. The average Bonchev–Trinajstić information content (AvgIpc) is 3.28. The molecule has 3 amide bonds. The summed E-state index contributed by atoms with van der Waals surface area (Å²) >= 11 is 0. The normalized spacial score (nSPS) is 30.0. The molecule has 0 radical (unpaired) electrons. The van der Waals surface area contributed by atoms with Gasteiger partial charge in [0.2, 0.25) is 11.8 Å². The minimum atomic E-state index is -1.11. The zero-order valence-electron chi connectivity index (χ0n) is 25.8. The number of carbonyl (C=O) groups is 4. The molecule has 9 nitrogen and oxygen atoms in total. The van der Waals surface area contributed by atoms with Crippen molar-refractivity contribution >= 4 is 23.7 Å². The molecule has 2 N–H and O–H groups in total. The Hall–Kier alpha value is -2.94. The molecular weight excluding hydrogens is 532 g/mol. The number of hydrogen-bond acceptors (Lipinski definition) is 6. The molecule has 1 aromatic rings. The summed E-state index contributed by atoms with van der Waals surface area (Å²) in [6.45, 7) is 11.4. The number of ether oxygens (including phenoxy) is 1. The first kappa shape index (κ1) is 30.5. The summed E-state index contributed by atoms with van der Waals surface area (Å²) in [6.07, 6.45) is 6.16. The summed E-state index contributed by atoms with van der Waals surface area (Å²) in [5.74, 6) is -0.518. The monoisotopic (exact) mass is 580 g/mol. The first-order valence-electron chi connectivity index (χ1n) is 15.9. The molecule has 4 aliphatic rings. The number of likely N-dealkylation sites (tertiary alicyclic amines) is 1. The number of rotatable bonds is 11. The van der Waals surface area contributed by atoms with E-state index in [0.717, 1.165) is 32.5 Å². The summed E-state index contributed by atoms with van der Waals surface area (Å²) in [7, 11) is 0. The number of esters is 1. The second-order valence-electron chi connectivity index (χ2n) is 13.6. The Balaban J connectivity index is 1.10. The van der Waals surface area contributed by atoms with Crippen molar-refractivity contribution in [2.24, 2.45) is 10.8 Å². The first-order chi connectivity index (χ1) is 20.0. The lowest BCUT2D eigenvalue weighted by Crippen LogP contribution is -2.72. The highest BCUT2D eigenvalue weighted by Crippen LogP contribution is 2.65. The van der Waals surface area contributed by atoms with Crippen LogP contribution < -0.4 is 10.6 Å². The number of benzene rings is 1. The maximum absolute atomic E-state index is 13.7. The quantitative estimate of drug-likeness (QED) is 0.308. The predicted molar refractivity (Wildman–Crippen MR) is 159 cm³/mol. The molecule has 3 heterocycles. The number of hydrogen-bond donors (Lipinski definition) is 2. The molecule has 3 aliphatic heterocycles. The Kier molecular flexibility index (Phi) is 8.45. The SMILES string of the molecule is CCCN1C(=O)[C@H](CCCCNC(=O)C23CCC(C)(C(=O)O2)C3(C)C)NC(=O)C12CCN(CCc1ccccc1)CC2. The van der Waals surface area contributed by atoms with Gasteiger partial charge in [0.05, 0.1) is 5.41 Å². The molecule has 3 atom stereocenters. The third kappa shape index (κ3) is 4.91. The maximum Gasteiger partial charge on any atom is 0.313 e. The molecule has 2 unspecified atom stereocenters. The van der Waals surface area contributed by atoms with Crippen LogP contribution in [0.15, 0.2) is 30.3 Å². The fraction of sp³-hybridized carbons (Fsp3) is 0.697. The Morgan fingerprint density at radius 2 is 1.71 bits per heavy atom. The van der Waals surface area contributed by atoms with Crippen LogP contribution in [0.3, 0.4) is 0 Å². The van der Waals surface area contributed by atoms with Crippen LogP contribution in [0.1, 0.15) is 84.6 Å². The third-order valence-corrected chi connectivity index (χ3v) is 11.2. The molecule has 1 aliphatic carbocycles. The lowest BCUT2D eigenvalue weighted by molar-refractivity contribution is -0.168. The minimum Gasteiger partial charge on any atom is -0.448 e. The second kappa shape index (κ2) is 11.6. The van der Waals surface area contributed by atoms with Crippen LogP contribution in [0.4, 0.5) is 0 Å². The van der Waals surface area contributed by atoms with Gasteiger partial charge in [-0.1, -0.05) is 51.1 Å². The molecule has 4 fully saturated rings. The van der Waals surface area contributed by atoms with Crippen molar-refractivity contribution in [3.05, 3.63) is 35.9 Å². The molecule has 9 heteroatoms. The van der Waals surface area contributed by atoms with Crippen LogP contribution in [0.5, 0.6) is 0 Å². The van der Waals surface area contributed by atoms with Gasteiger partial charge in [0, 0.05) is 38.1 Å². The van der Waals surface area contributed by atoms with Crippen molar-refractivity contribution in [3.63, 3.8) is 0 Å². The van der Waals surface area contributed by atoms with Gasteiger partial charge < -0.3 is 25.2 Å². The number of unbranched alkanes of at least 4 members (excludes halogenated alkanes) is 1. The maximum atomic E-state index is 13.7. The van der Waals surface area contributed by atoms with Crippen molar-refractivity contribution in [3.8, 4) is 0 Å². The van der Waals surface area contributed by atoms with Gasteiger partial charge in [0.25, 0.3) is 5.91 Å². The van der Waals surface area contributed by atoms with E-state index in [0.29, 0.717) is 58.0 Å². The van der Waals surface area contributed by atoms with E-state index >= 15 is 0 Å². The number of piperazine rings is 1. The van der Waals surface area contributed by atoms with Gasteiger partial charge in [-0.3, -0.25) is 19.2 Å². The molecule has 230 valence electrons. The third-order valence-electron chi connectivity index (χ3n) is 11.2. The zero-order valence-corrected chi connectivity index (χ0v) is 25.8. The Morgan fingerprint density at radius 1 is 1.00 bits per heavy atom.